The van der Waals surface area contributed by atoms with Gasteiger partial charge in [0.25, 0.3) is 5.24 Å². The van der Waals surface area contributed by atoms with E-state index in [9.17, 15) is 14.7 Å². The molecule has 30 heavy (non-hydrogen) atoms. The van der Waals surface area contributed by atoms with Gasteiger partial charge in [0, 0.05) is 13.2 Å². The van der Waals surface area contributed by atoms with Crippen molar-refractivity contribution in [1.82, 2.24) is 9.88 Å². The number of nitrogens with zero attached hydrogens (tertiary/aromatic N) is 3. The standard InChI is InChI=1S/C21H25N3O5S/c1-14(20(26)27)24-19(25)17(30-21(24)28)13-15-6-8-16(9-7-15)29-12-11-23(2)18-5-3-4-10-22-18/h3-10,14,17,19,25H,11-13H2,1-2H3,(H,26,27). The zero-order valence-electron chi connectivity index (χ0n) is 16.8. The Morgan fingerprint density at radius 1 is 1.30 bits per heavy atom. The monoisotopic (exact) mass is 431 g/mol. The van der Waals surface area contributed by atoms with E-state index in [1.165, 1.54) is 6.92 Å². The van der Waals surface area contributed by atoms with E-state index in [0.29, 0.717) is 19.6 Å². The fourth-order valence-corrected chi connectivity index (χ4v) is 4.32. The van der Waals surface area contributed by atoms with Crippen molar-refractivity contribution in [2.45, 2.75) is 30.9 Å². The number of hydrogen-bond donors (Lipinski definition) is 2. The molecule has 2 aromatic rings. The number of rotatable bonds is 9. The molecule has 1 aromatic carbocycles. The highest BCUT2D eigenvalue weighted by atomic mass is 32.2. The van der Waals surface area contributed by atoms with Crippen LogP contribution in [0.15, 0.2) is 48.7 Å². The Morgan fingerprint density at radius 3 is 2.67 bits per heavy atom. The number of aromatic nitrogens is 1. The minimum Gasteiger partial charge on any atom is -0.492 e. The Hall–Kier alpha value is -2.78. The largest absolute Gasteiger partial charge is 0.492 e. The highest BCUT2D eigenvalue weighted by Crippen LogP contribution is 2.34. The van der Waals surface area contributed by atoms with E-state index in [0.717, 1.165) is 33.8 Å². The number of amides is 1. The highest BCUT2D eigenvalue weighted by Gasteiger charge is 2.43. The smallest absolute Gasteiger partial charge is 0.326 e. The van der Waals surface area contributed by atoms with E-state index in [1.807, 2.05) is 54.4 Å². The molecular weight excluding hydrogens is 406 g/mol. The van der Waals surface area contributed by atoms with Gasteiger partial charge >= 0.3 is 5.97 Å². The molecule has 3 rings (SSSR count). The van der Waals surface area contributed by atoms with Crippen molar-refractivity contribution in [2.75, 3.05) is 25.1 Å². The molecule has 3 unspecified atom stereocenters. The van der Waals surface area contributed by atoms with E-state index >= 15 is 0 Å². The van der Waals surface area contributed by atoms with Gasteiger partial charge in [-0.2, -0.15) is 0 Å². The number of likely N-dealkylation sites (N-methyl/N-ethyl adjacent to an activating group) is 1. The van der Waals surface area contributed by atoms with Crippen molar-refractivity contribution in [3.05, 3.63) is 54.2 Å². The minimum atomic E-state index is -1.14. The Labute approximate surface area is 179 Å². The van der Waals surface area contributed by atoms with Gasteiger partial charge in [-0.1, -0.05) is 30.0 Å². The second-order valence-electron chi connectivity index (χ2n) is 7.06. The first-order valence-electron chi connectivity index (χ1n) is 9.60. The number of ether oxygens (including phenoxy) is 1. The highest BCUT2D eigenvalue weighted by molar-refractivity contribution is 8.14. The summed E-state index contributed by atoms with van der Waals surface area (Å²) in [5.41, 5.74) is 0.933. The molecular formula is C21H25N3O5S. The normalized spacial score (nSPS) is 19.6. The molecule has 9 heteroatoms. The van der Waals surface area contributed by atoms with Crippen LogP contribution in [0.1, 0.15) is 12.5 Å². The number of hydrogen-bond acceptors (Lipinski definition) is 7. The number of carbonyl (C=O) groups excluding carboxylic acids is 1. The van der Waals surface area contributed by atoms with Gasteiger partial charge in [-0.05, 0) is 43.2 Å². The van der Waals surface area contributed by atoms with Crippen LogP contribution in [0.5, 0.6) is 5.75 Å². The lowest BCUT2D eigenvalue weighted by molar-refractivity contribution is -0.144. The second kappa shape index (κ2) is 9.82. The molecule has 2 N–H and O–H groups in total. The Morgan fingerprint density at radius 2 is 2.03 bits per heavy atom. The second-order valence-corrected chi connectivity index (χ2v) is 8.25. The number of carboxylic acid groups (broad SMARTS) is 1. The fraction of sp³-hybridized carbons (Fsp3) is 0.381. The Balaban J connectivity index is 1.50. The number of pyridine rings is 1. The minimum absolute atomic E-state index is 0.417. The number of benzene rings is 1. The molecule has 160 valence electrons. The lowest BCUT2D eigenvalue weighted by atomic mass is 10.1. The molecule has 1 fully saturated rings. The van der Waals surface area contributed by atoms with Crippen molar-refractivity contribution in [1.29, 1.82) is 0 Å². The SMILES string of the molecule is CC(C(=O)O)N1C(=O)SC(Cc2ccc(OCCN(C)c3ccccn3)cc2)C1O. The number of aliphatic hydroxyl groups excluding tert-OH is 1. The van der Waals surface area contributed by atoms with Crippen LogP contribution in [0.2, 0.25) is 0 Å². The summed E-state index contributed by atoms with van der Waals surface area (Å²) in [5, 5.41) is 18.7. The fourth-order valence-electron chi connectivity index (χ4n) is 3.14. The number of thioether (sulfide) groups is 1. The molecule has 8 nitrogen and oxygen atoms in total. The zero-order chi connectivity index (χ0) is 21.7. The van der Waals surface area contributed by atoms with Crippen LogP contribution in [-0.2, 0) is 11.2 Å². The maximum Gasteiger partial charge on any atom is 0.326 e. The summed E-state index contributed by atoms with van der Waals surface area (Å²) in [4.78, 5) is 30.6. The van der Waals surface area contributed by atoms with E-state index < -0.39 is 28.7 Å². The molecule has 1 aliphatic rings. The molecule has 0 radical (unpaired) electrons. The van der Waals surface area contributed by atoms with Crippen LogP contribution in [0.4, 0.5) is 10.6 Å². The molecule has 1 amide bonds. The van der Waals surface area contributed by atoms with Crippen molar-refractivity contribution >= 4 is 28.8 Å². The van der Waals surface area contributed by atoms with Crippen LogP contribution in [0.25, 0.3) is 0 Å². The molecule has 3 atom stereocenters. The molecule has 0 saturated carbocycles. The average molecular weight is 432 g/mol. The van der Waals surface area contributed by atoms with Crippen molar-refractivity contribution in [2.24, 2.45) is 0 Å². The van der Waals surface area contributed by atoms with Gasteiger partial charge in [0.2, 0.25) is 0 Å². The van der Waals surface area contributed by atoms with Crippen LogP contribution >= 0.6 is 11.8 Å². The quantitative estimate of drug-likeness (QED) is 0.624. The molecule has 1 aliphatic heterocycles. The molecule has 0 spiro atoms. The summed E-state index contributed by atoms with van der Waals surface area (Å²) >= 11 is 0.972. The van der Waals surface area contributed by atoms with E-state index in [-0.39, 0.29) is 0 Å². The Bertz CT molecular complexity index is 865. The predicted molar refractivity (Wildman–Crippen MR) is 115 cm³/mol. The predicted octanol–water partition coefficient (Wildman–Crippen LogP) is 2.47. The zero-order valence-corrected chi connectivity index (χ0v) is 17.7. The molecule has 1 aromatic heterocycles. The van der Waals surface area contributed by atoms with Crippen LogP contribution < -0.4 is 9.64 Å². The third-order valence-corrected chi connectivity index (χ3v) is 6.08. The van der Waals surface area contributed by atoms with E-state index in [4.69, 9.17) is 9.84 Å². The summed E-state index contributed by atoms with van der Waals surface area (Å²) in [5.74, 6) is 0.466. The number of aliphatic hydroxyl groups is 1. The van der Waals surface area contributed by atoms with Gasteiger partial charge < -0.3 is 19.8 Å². The van der Waals surface area contributed by atoms with Gasteiger partial charge in [-0.3, -0.25) is 9.69 Å². The number of carboxylic acids is 1. The average Bonchev–Trinajstić information content (AvgIpc) is 3.02. The van der Waals surface area contributed by atoms with Crippen molar-refractivity contribution < 1.29 is 24.5 Å². The van der Waals surface area contributed by atoms with E-state index in [2.05, 4.69) is 4.98 Å². The topological polar surface area (TPSA) is 103 Å². The van der Waals surface area contributed by atoms with Gasteiger partial charge in [-0.15, -0.1) is 0 Å². The lowest BCUT2D eigenvalue weighted by Crippen LogP contribution is -2.46. The Kier molecular flexibility index (Phi) is 7.17. The molecule has 2 heterocycles. The maximum atomic E-state index is 12.1. The number of carbonyl (C=O) groups is 2. The maximum absolute atomic E-state index is 12.1. The van der Waals surface area contributed by atoms with Crippen molar-refractivity contribution in [3.63, 3.8) is 0 Å². The summed E-state index contributed by atoms with van der Waals surface area (Å²) in [6.45, 7) is 2.58. The first kappa shape index (κ1) is 21.9. The van der Waals surface area contributed by atoms with E-state index in [1.54, 1.807) is 6.20 Å². The van der Waals surface area contributed by atoms with Gasteiger partial charge in [0.15, 0.2) is 0 Å². The molecule has 0 aliphatic carbocycles. The van der Waals surface area contributed by atoms with Gasteiger partial charge in [0.05, 0.1) is 11.8 Å². The lowest BCUT2D eigenvalue weighted by Gasteiger charge is -2.25. The first-order valence-corrected chi connectivity index (χ1v) is 10.5. The van der Waals surface area contributed by atoms with Gasteiger partial charge in [0.1, 0.15) is 30.4 Å². The number of anilines is 1. The molecule has 0 bridgehead atoms. The molecule has 1 saturated heterocycles. The van der Waals surface area contributed by atoms with Crippen LogP contribution in [-0.4, -0.2) is 69.0 Å². The first-order chi connectivity index (χ1) is 14.4. The number of aliphatic carboxylic acids is 1. The van der Waals surface area contributed by atoms with Crippen LogP contribution in [0.3, 0.4) is 0 Å². The van der Waals surface area contributed by atoms with Crippen LogP contribution in [0, 0.1) is 0 Å². The summed E-state index contributed by atoms with van der Waals surface area (Å²) < 4.78 is 5.78. The third-order valence-electron chi connectivity index (χ3n) is 4.95. The van der Waals surface area contributed by atoms with Crippen molar-refractivity contribution in [3.8, 4) is 5.75 Å². The summed E-state index contributed by atoms with van der Waals surface area (Å²) in [7, 11) is 1.95. The summed E-state index contributed by atoms with van der Waals surface area (Å²) in [6, 6.07) is 12.2. The summed E-state index contributed by atoms with van der Waals surface area (Å²) in [6.07, 6.45) is 1.06. The van der Waals surface area contributed by atoms with Gasteiger partial charge in [-0.25, -0.2) is 9.78 Å². The third kappa shape index (κ3) is 5.22.